The summed E-state index contributed by atoms with van der Waals surface area (Å²) in [4.78, 5) is 4.68. The van der Waals surface area contributed by atoms with Crippen LogP contribution in [0.4, 0.5) is 15.9 Å². The Morgan fingerprint density at radius 2 is 1.96 bits per heavy atom. The van der Waals surface area contributed by atoms with Gasteiger partial charge in [0.25, 0.3) is 0 Å². The summed E-state index contributed by atoms with van der Waals surface area (Å²) in [6.45, 7) is 5.78. The maximum absolute atomic E-state index is 13.3. The number of fused-ring (bicyclic) bond motifs is 3. The molecule has 4 aromatic rings. The molecule has 132 valence electrons. The van der Waals surface area contributed by atoms with Gasteiger partial charge in [-0.2, -0.15) is 5.26 Å². The molecule has 0 atom stereocenters. The van der Waals surface area contributed by atoms with Gasteiger partial charge >= 0.3 is 0 Å². The van der Waals surface area contributed by atoms with Crippen molar-refractivity contribution < 1.29 is 4.39 Å². The summed E-state index contributed by atoms with van der Waals surface area (Å²) in [5, 5.41) is 13.2. The van der Waals surface area contributed by atoms with Crippen LogP contribution in [0.15, 0.2) is 61.2 Å². The molecule has 27 heavy (non-hydrogen) atoms. The molecule has 4 nitrogen and oxygen atoms in total. The molecule has 0 aliphatic rings. The molecule has 2 heterocycles. The van der Waals surface area contributed by atoms with Gasteiger partial charge in [0.1, 0.15) is 17.7 Å². The Balaban J connectivity index is 2.10. The number of halogens is 1. The lowest BCUT2D eigenvalue weighted by atomic mass is 10.0. The van der Waals surface area contributed by atoms with Gasteiger partial charge in [-0.1, -0.05) is 18.2 Å². The fraction of sp³-hybridized carbons (Fsp3) is 0.0909. The standard InChI is InChI=1S/C22H17FN4/c1-3-6-17-14(2)18(13-24)22-26-19-7-4-5-8-20(19)27(22)21(17)25-16-11-9-15(23)10-12-16/h3-5,7-12,25H,1,6H2,2H3. The monoisotopic (exact) mass is 356 g/mol. The van der Waals surface area contributed by atoms with Gasteiger partial charge in [0.15, 0.2) is 5.65 Å². The summed E-state index contributed by atoms with van der Waals surface area (Å²) >= 11 is 0. The van der Waals surface area contributed by atoms with Crippen molar-refractivity contribution in [2.45, 2.75) is 13.3 Å². The number of imidazole rings is 1. The zero-order valence-corrected chi connectivity index (χ0v) is 14.8. The fourth-order valence-corrected chi connectivity index (χ4v) is 3.38. The van der Waals surface area contributed by atoms with Gasteiger partial charge < -0.3 is 5.32 Å². The smallest absolute Gasteiger partial charge is 0.157 e. The van der Waals surface area contributed by atoms with E-state index in [-0.39, 0.29) is 5.82 Å². The molecule has 4 rings (SSSR count). The summed E-state index contributed by atoms with van der Waals surface area (Å²) in [5.74, 6) is 0.516. The highest BCUT2D eigenvalue weighted by atomic mass is 19.1. The fourth-order valence-electron chi connectivity index (χ4n) is 3.38. The second-order valence-corrected chi connectivity index (χ2v) is 6.32. The van der Waals surface area contributed by atoms with Crippen molar-refractivity contribution in [3.05, 3.63) is 83.7 Å². The number of hydrogen-bond acceptors (Lipinski definition) is 3. The summed E-state index contributed by atoms with van der Waals surface area (Å²) in [6, 6.07) is 16.3. The minimum absolute atomic E-state index is 0.291. The topological polar surface area (TPSA) is 53.1 Å². The Kier molecular flexibility index (Phi) is 4.09. The molecule has 0 aliphatic heterocycles. The van der Waals surface area contributed by atoms with Crippen LogP contribution in [-0.2, 0) is 6.42 Å². The third-order valence-electron chi connectivity index (χ3n) is 4.69. The van der Waals surface area contributed by atoms with E-state index >= 15 is 0 Å². The van der Waals surface area contributed by atoms with Crippen molar-refractivity contribution in [3.8, 4) is 6.07 Å². The van der Waals surface area contributed by atoms with E-state index in [1.54, 1.807) is 12.1 Å². The van der Waals surface area contributed by atoms with Crippen molar-refractivity contribution in [1.29, 1.82) is 5.26 Å². The number of aromatic nitrogens is 2. The van der Waals surface area contributed by atoms with Crippen LogP contribution >= 0.6 is 0 Å². The van der Waals surface area contributed by atoms with E-state index in [1.165, 1.54) is 12.1 Å². The van der Waals surface area contributed by atoms with E-state index < -0.39 is 0 Å². The molecular formula is C22H17FN4. The number of hydrogen-bond donors (Lipinski definition) is 1. The maximum atomic E-state index is 13.3. The number of para-hydroxylation sites is 2. The molecule has 1 N–H and O–H groups in total. The Hall–Kier alpha value is -3.65. The number of pyridine rings is 1. The van der Waals surface area contributed by atoms with Crippen LogP contribution in [0.3, 0.4) is 0 Å². The predicted octanol–water partition coefficient (Wildman–Crippen LogP) is 5.28. The maximum Gasteiger partial charge on any atom is 0.157 e. The minimum atomic E-state index is -0.291. The number of allylic oxidation sites excluding steroid dienone is 1. The van der Waals surface area contributed by atoms with Crippen molar-refractivity contribution >= 4 is 28.2 Å². The van der Waals surface area contributed by atoms with E-state index in [0.29, 0.717) is 17.6 Å². The third-order valence-corrected chi connectivity index (χ3v) is 4.69. The first-order valence-electron chi connectivity index (χ1n) is 8.60. The van der Waals surface area contributed by atoms with Gasteiger partial charge in [-0.25, -0.2) is 9.37 Å². The lowest BCUT2D eigenvalue weighted by Gasteiger charge is -2.18. The van der Waals surface area contributed by atoms with Gasteiger partial charge in [-0.15, -0.1) is 6.58 Å². The van der Waals surface area contributed by atoms with Crippen LogP contribution in [0, 0.1) is 24.1 Å². The van der Waals surface area contributed by atoms with Crippen LogP contribution in [0.2, 0.25) is 0 Å². The number of rotatable bonds is 4. The quantitative estimate of drug-likeness (QED) is 0.506. The van der Waals surface area contributed by atoms with E-state index in [2.05, 4.69) is 22.9 Å². The molecule has 0 aliphatic carbocycles. The van der Waals surface area contributed by atoms with Gasteiger partial charge in [0.2, 0.25) is 0 Å². The summed E-state index contributed by atoms with van der Waals surface area (Å²) < 4.78 is 15.3. The van der Waals surface area contributed by atoms with Gasteiger partial charge in [-0.3, -0.25) is 4.40 Å². The largest absolute Gasteiger partial charge is 0.341 e. The van der Waals surface area contributed by atoms with Crippen LogP contribution in [-0.4, -0.2) is 9.38 Å². The highest BCUT2D eigenvalue weighted by molar-refractivity contribution is 5.87. The van der Waals surface area contributed by atoms with Crippen LogP contribution < -0.4 is 5.32 Å². The molecule has 2 aromatic heterocycles. The zero-order valence-electron chi connectivity index (χ0n) is 14.8. The van der Waals surface area contributed by atoms with Crippen LogP contribution in [0.25, 0.3) is 16.7 Å². The Morgan fingerprint density at radius 1 is 1.22 bits per heavy atom. The predicted molar refractivity (Wildman–Crippen MR) is 106 cm³/mol. The van der Waals surface area contributed by atoms with Crippen molar-refractivity contribution in [2.75, 3.05) is 5.32 Å². The van der Waals surface area contributed by atoms with E-state index in [4.69, 9.17) is 0 Å². The molecular weight excluding hydrogens is 339 g/mol. The Labute approximate surface area is 156 Å². The normalized spacial score (nSPS) is 10.9. The number of nitriles is 1. The highest BCUT2D eigenvalue weighted by Crippen LogP contribution is 2.33. The number of nitrogens with one attached hydrogen (secondary N) is 1. The van der Waals surface area contributed by atoms with Crippen LogP contribution in [0.5, 0.6) is 0 Å². The lowest BCUT2D eigenvalue weighted by Crippen LogP contribution is -2.08. The molecule has 0 saturated heterocycles. The Bertz CT molecular complexity index is 1210. The third kappa shape index (κ3) is 2.72. The zero-order chi connectivity index (χ0) is 19.0. The molecule has 0 saturated carbocycles. The average molecular weight is 356 g/mol. The minimum Gasteiger partial charge on any atom is -0.341 e. The number of anilines is 2. The molecule has 0 spiro atoms. The molecule has 0 amide bonds. The number of benzene rings is 2. The van der Waals surface area contributed by atoms with Crippen molar-refractivity contribution in [2.24, 2.45) is 0 Å². The van der Waals surface area contributed by atoms with E-state index in [1.807, 2.05) is 41.7 Å². The summed E-state index contributed by atoms with van der Waals surface area (Å²) in [7, 11) is 0. The summed E-state index contributed by atoms with van der Waals surface area (Å²) in [5.41, 5.74) is 5.45. The van der Waals surface area contributed by atoms with Crippen molar-refractivity contribution in [1.82, 2.24) is 9.38 Å². The highest BCUT2D eigenvalue weighted by Gasteiger charge is 2.20. The second kappa shape index (κ2) is 6.58. The molecule has 2 aromatic carbocycles. The second-order valence-electron chi connectivity index (χ2n) is 6.32. The average Bonchev–Trinajstić information content (AvgIpc) is 3.05. The van der Waals surface area contributed by atoms with E-state index in [0.717, 1.165) is 33.7 Å². The molecule has 0 radical (unpaired) electrons. The van der Waals surface area contributed by atoms with Gasteiger partial charge in [-0.05, 0) is 55.3 Å². The lowest BCUT2D eigenvalue weighted by molar-refractivity contribution is 0.628. The molecule has 0 fully saturated rings. The Morgan fingerprint density at radius 3 is 2.67 bits per heavy atom. The van der Waals surface area contributed by atoms with Gasteiger partial charge in [0, 0.05) is 11.3 Å². The van der Waals surface area contributed by atoms with Crippen molar-refractivity contribution in [3.63, 3.8) is 0 Å². The molecule has 5 heteroatoms. The first-order chi connectivity index (χ1) is 13.1. The number of nitrogens with zero attached hydrogens (tertiary/aromatic N) is 3. The first kappa shape index (κ1) is 16.8. The van der Waals surface area contributed by atoms with Crippen LogP contribution in [0.1, 0.15) is 16.7 Å². The van der Waals surface area contributed by atoms with E-state index in [9.17, 15) is 9.65 Å². The van der Waals surface area contributed by atoms with Gasteiger partial charge in [0.05, 0.1) is 16.6 Å². The summed E-state index contributed by atoms with van der Waals surface area (Å²) in [6.07, 6.45) is 2.40. The molecule has 0 bridgehead atoms. The first-order valence-corrected chi connectivity index (χ1v) is 8.60. The SMILES string of the molecule is C=CCc1c(C)c(C#N)c2nc3ccccc3n2c1Nc1ccc(F)cc1. The molecule has 0 unspecified atom stereocenters.